The first-order valence-corrected chi connectivity index (χ1v) is 7.68. The lowest BCUT2D eigenvalue weighted by Gasteiger charge is -2.20. The lowest BCUT2D eigenvalue weighted by molar-refractivity contribution is -0.132. The number of hydrogen-bond acceptors (Lipinski definition) is 2. The zero-order valence-corrected chi connectivity index (χ0v) is 13.1. The molecule has 1 fully saturated rings. The topological polar surface area (TPSA) is 49.4 Å². The monoisotopic (exact) mass is 306 g/mol. The van der Waals surface area contributed by atoms with E-state index in [-0.39, 0.29) is 11.9 Å². The van der Waals surface area contributed by atoms with Gasteiger partial charge in [-0.05, 0) is 32.3 Å². The molecule has 120 valence electrons. The zero-order chi connectivity index (χ0) is 16.2. The molecule has 0 aromatic heterocycles. The summed E-state index contributed by atoms with van der Waals surface area (Å²) in [5, 5.41) is 2.67. The molecule has 0 spiro atoms. The van der Waals surface area contributed by atoms with Gasteiger partial charge in [-0.15, -0.1) is 0 Å². The van der Waals surface area contributed by atoms with Crippen LogP contribution < -0.4 is 5.32 Å². The maximum absolute atomic E-state index is 13.5. The highest BCUT2D eigenvalue weighted by Crippen LogP contribution is 2.15. The van der Waals surface area contributed by atoms with Crippen LogP contribution in [0.5, 0.6) is 0 Å². The van der Waals surface area contributed by atoms with Gasteiger partial charge in [0, 0.05) is 25.6 Å². The minimum Gasteiger partial charge on any atom is -0.349 e. The number of nitrogens with one attached hydrogen (secondary N) is 1. The van der Waals surface area contributed by atoms with Crippen molar-refractivity contribution in [3.63, 3.8) is 0 Å². The Morgan fingerprint density at radius 3 is 2.64 bits per heavy atom. The number of rotatable bonds is 5. The molecule has 1 aliphatic heterocycles. The lowest BCUT2D eigenvalue weighted by atomic mass is 10.1. The number of hydrogen-bond donors (Lipinski definition) is 1. The van der Waals surface area contributed by atoms with Crippen LogP contribution in [0, 0.1) is 0 Å². The van der Waals surface area contributed by atoms with Crippen molar-refractivity contribution in [1.29, 1.82) is 0 Å². The van der Waals surface area contributed by atoms with Crippen LogP contribution in [-0.2, 0) is 16.0 Å². The number of carbonyl (C=O) groups is 2. The predicted octanol–water partition coefficient (Wildman–Crippen LogP) is 2.08. The van der Waals surface area contributed by atoms with Crippen molar-refractivity contribution in [2.24, 2.45) is 0 Å². The Morgan fingerprint density at radius 1 is 1.32 bits per heavy atom. The molecule has 4 nitrogen and oxygen atoms in total. The Morgan fingerprint density at radius 2 is 2.00 bits per heavy atom. The second kappa shape index (κ2) is 6.90. The van der Waals surface area contributed by atoms with Crippen molar-refractivity contribution in [2.45, 2.75) is 44.8 Å². The molecular formula is C17H23FN2O2. The Kier molecular flexibility index (Phi) is 5.16. The molecule has 2 rings (SSSR count). The maximum atomic E-state index is 13.5. The van der Waals surface area contributed by atoms with Crippen molar-refractivity contribution in [3.8, 4) is 0 Å². The summed E-state index contributed by atoms with van der Waals surface area (Å²) < 4.78 is 13.5. The van der Waals surface area contributed by atoms with Crippen LogP contribution in [0.1, 0.15) is 32.3 Å². The van der Waals surface area contributed by atoms with Gasteiger partial charge in [-0.3, -0.25) is 9.59 Å². The molecule has 2 amide bonds. The molecule has 22 heavy (non-hydrogen) atoms. The summed E-state index contributed by atoms with van der Waals surface area (Å²) in [5.74, 6) is -0.531. The summed E-state index contributed by atoms with van der Waals surface area (Å²) in [7, 11) is 0. The van der Waals surface area contributed by atoms with Crippen molar-refractivity contribution < 1.29 is 14.0 Å². The number of likely N-dealkylation sites (tertiary alicyclic amines) is 1. The van der Waals surface area contributed by atoms with Crippen LogP contribution in [-0.4, -0.2) is 41.5 Å². The number of halogens is 1. The predicted molar refractivity (Wildman–Crippen MR) is 83.1 cm³/mol. The first kappa shape index (κ1) is 16.5. The maximum Gasteiger partial charge on any atom is 0.257 e. The quantitative estimate of drug-likeness (QED) is 0.905. The molecular weight excluding hydrogens is 283 g/mol. The highest BCUT2D eigenvalue weighted by atomic mass is 19.1. The smallest absolute Gasteiger partial charge is 0.257 e. The molecule has 5 heteroatoms. The van der Waals surface area contributed by atoms with Gasteiger partial charge in [0.15, 0.2) is 5.67 Å². The molecule has 1 aromatic carbocycles. The third kappa shape index (κ3) is 4.55. The summed E-state index contributed by atoms with van der Waals surface area (Å²) >= 11 is 0. The molecule has 0 bridgehead atoms. The second-order valence-corrected chi connectivity index (χ2v) is 6.26. The third-order valence-electron chi connectivity index (χ3n) is 3.89. The molecule has 0 radical (unpaired) electrons. The SMILES string of the molecule is CC(C)(F)C(=O)NC1CCN(C(=O)CCc2ccccc2)C1. The van der Waals surface area contributed by atoms with Crippen LogP contribution in [0.2, 0.25) is 0 Å². The van der Waals surface area contributed by atoms with E-state index in [2.05, 4.69) is 5.32 Å². The number of nitrogens with zero attached hydrogens (tertiary/aromatic N) is 1. The number of amides is 2. The average molecular weight is 306 g/mol. The van der Waals surface area contributed by atoms with E-state index < -0.39 is 11.6 Å². The van der Waals surface area contributed by atoms with Gasteiger partial charge in [0.05, 0.1) is 0 Å². The van der Waals surface area contributed by atoms with E-state index in [0.29, 0.717) is 32.4 Å². The molecule has 1 N–H and O–H groups in total. The fraction of sp³-hybridized carbons (Fsp3) is 0.529. The van der Waals surface area contributed by atoms with Crippen molar-refractivity contribution >= 4 is 11.8 Å². The summed E-state index contributed by atoms with van der Waals surface area (Å²) in [4.78, 5) is 25.6. The molecule has 1 saturated heterocycles. The molecule has 1 aliphatic rings. The second-order valence-electron chi connectivity index (χ2n) is 6.26. The zero-order valence-electron chi connectivity index (χ0n) is 13.1. The highest BCUT2D eigenvalue weighted by molar-refractivity contribution is 5.84. The van der Waals surface area contributed by atoms with E-state index in [1.54, 1.807) is 4.90 Å². The van der Waals surface area contributed by atoms with Gasteiger partial charge >= 0.3 is 0 Å². The highest BCUT2D eigenvalue weighted by Gasteiger charge is 2.32. The minimum absolute atomic E-state index is 0.0834. The Balaban J connectivity index is 1.78. The van der Waals surface area contributed by atoms with Gasteiger partial charge in [-0.2, -0.15) is 0 Å². The van der Waals surface area contributed by atoms with Gasteiger partial charge < -0.3 is 10.2 Å². The lowest BCUT2D eigenvalue weighted by Crippen LogP contribution is -2.45. The van der Waals surface area contributed by atoms with E-state index in [1.165, 1.54) is 13.8 Å². The molecule has 1 heterocycles. The normalized spacial score (nSPS) is 18.3. The van der Waals surface area contributed by atoms with Crippen LogP contribution in [0.25, 0.3) is 0 Å². The molecule has 1 aromatic rings. The van der Waals surface area contributed by atoms with Crippen LogP contribution in [0.15, 0.2) is 30.3 Å². The summed E-state index contributed by atoms with van der Waals surface area (Å²) in [6.07, 6.45) is 1.85. The minimum atomic E-state index is -1.88. The van der Waals surface area contributed by atoms with Crippen molar-refractivity contribution in [2.75, 3.05) is 13.1 Å². The molecule has 0 aliphatic carbocycles. The Hall–Kier alpha value is -1.91. The first-order chi connectivity index (χ1) is 10.4. The van der Waals surface area contributed by atoms with Crippen LogP contribution in [0.4, 0.5) is 4.39 Å². The van der Waals surface area contributed by atoms with Gasteiger partial charge in [-0.25, -0.2) is 4.39 Å². The summed E-state index contributed by atoms with van der Waals surface area (Å²) in [5.41, 5.74) is -0.746. The van der Waals surface area contributed by atoms with Gasteiger partial charge in [0.2, 0.25) is 5.91 Å². The van der Waals surface area contributed by atoms with Crippen LogP contribution >= 0.6 is 0 Å². The fourth-order valence-electron chi connectivity index (χ4n) is 2.52. The van der Waals surface area contributed by atoms with Crippen molar-refractivity contribution in [1.82, 2.24) is 10.2 Å². The number of alkyl halides is 1. The standard InChI is InChI=1S/C17H23FN2O2/c1-17(2,18)16(22)19-14-10-11-20(12-14)15(21)9-8-13-6-4-3-5-7-13/h3-7,14H,8-12H2,1-2H3,(H,19,22). The van der Waals surface area contributed by atoms with E-state index >= 15 is 0 Å². The number of carbonyl (C=O) groups excluding carboxylic acids is 2. The van der Waals surface area contributed by atoms with Crippen LogP contribution in [0.3, 0.4) is 0 Å². The fourth-order valence-corrected chi connectivity index (χ4v) is 2.52. The number of benzene rings is 1. The van der Waals surface area contributed by atoms with E-state index in [0.717, 1.165) is 5.56 Å². The van der Waals surface area contributed by atoms with E-state index in [4.69, 9.17) is 0 Å². The molecule has 1 unspecified atom stereocenters. The Labute approximate surface area is 130 Å². The van der Waals surface area contributed by atoms with Gasteiger partial charge in [0.25, 0.3) is 5.91 Å². The van der Waals surface area contributed by atoms with Gasteiger partial charge in [0.1, 0.15) is 0 Å². The summed E-state index contributed by atoms with van der Waals surface area (Å²) in [6.45, 7) is 3.56. The first-order valence-electron chi connectivity index (χ1n) is 7.68. The van der Waals surface area contributed by atoms with Crippen molar-refractivity contribution in [3.05, 3.63) is 35.9 Å². The summed E-state index contributed by atoms with van der Waals surface area (Å²) in [6, 6.07) is 9.72. The van der Waals surface area contributed by atoms with Gasteiger partial charge in [-0.1, -0.05) is 30.3 Å². The molecule has 1 atom stereocenters. The van der Waals surface area contributed by atoms with E-state index in [1.807, 2.05) is 30.3 Å². The molecule has 0 saturated carbocycles. The number of aryl methyl sites for hydroxylation is 1. The average Bonchev–Trinajstić information content (AvgIpc) is 2.93. The Bertz CT molecular complexity index is 525. The third-order valence-corrected chi connectivity index (χ3v) is 3.89. The van der Waals surface area contributed by atoms with E-state index in [9.17, 15) is 14.0 Å². The largest absolute Gasteiger partial charge is 0.349 e.